The Bertz CT molecular complexity index is 484. The van der Waals surface area contributed by atoms with E-state index in [9.17, 15) is 5.26 Å². The maximum atomic E-state index is 9.58. The third-order valence-electron chi connectivity index (χ3n) is 3.66. The van der Waals surface area contributed by atoms with Gasteiger partial charge in [-0.3, -0.25) is 10.00 Å². The van der Waals surface area contributed by atoms with E-state index in [2.05, 4.69) is 32.4 Å². The second-order valence-corrected chi connectivity index (χ2v) is 5.82. The Hall–Kier alpha value is -0.860. The number of nitriles is 1. The number of likely N-dealkylation sites (N-methyl/N-ethyl adjacent to an activating group) is 1. The molecule has 2 rings (SSSR count). The van der Waals surface area contributed by atoms with Gasteiger partial charge in [-0.05, 0) is 55.1 Å². The summed E-state index contributed by atoms with van der Waals surface area (Å²) in [4.78, 5) is 0. The van der Waals surface area contributed by atoms with Crippen molar-refractivity contribution in [2.45, 2.75) is 45.7 Å². The number of rotatable bonds is 5. The molecule has 5 heteroatoms. The molecule has 1 aliphatic carbocycles. The Morgan fingerprint density at radius 2 is 2.22 bits per heavy atom. The first-order chi connectivity index (χ1) is 8.54. The van der Waals surface area contributed by atoms with Crippen LogP contribution < -0.4 is 5.32 Å². The Morgan fingerprint density at radius 1 is 1.56 bits per heavy atom. The van der Waals surface area contributed by atoms with E-state index in [1.807, 2.05) is 25.5 Å². The largest absolute Gasteiger partial charge is 0.298 e. The van der Waals surface area contributed by atoms with Gasteiger partial charge in [-0.25, -0.2) is 0 Å². The number of hydrogen-bond donors (Lipinski definition) is 1. The predicted octanol–water partition coefficient (Wildman–Crippen LogP) is 2.54. The molecule has 0 amide bonds. The Balaban J connectivity index is 2.28. The lowest BCUT2D eigenvalue weighted by Crippen LogP contribution is -2.49. The topological polar surface area (TPSA) is 53.6 Å². The minimum Gasteiger partial charge on any atom is -0.298 e. The number of nitrogens with zero attached hydrogens (tertiary/aromatic N) is 3. The molecule has 0 aliphatic heterocycles. The maximum Gasteiger partial charge on any atom is 0.129 e. The SMILES string of the molecule is CCNC(C#N)(Cn1nc(C)c(Br)c1C)C1CC1. The number of hydrogen-bond acceptors (Lipinski definition) is 3. The van der Waals surface area contributed by atoms with E-state index in [0.717, 1.165) is 35.2 Å². The van der Waals surface area contributed by atoms with Crippen LogP contribution in [-0.4, -0.2) is 21.9 Å². The van der Waals surface area contributed by atoms with Crippen LogP contribution in [0.15, 0.2) is 4.47 Å². The molecule has 0 bridgehead atoms. The van der Waals surface area contributed by atoms with Crippen LogP contribution in [0.3, 0.4) is 0 Å². The third-order valence-corrected chi connectivity index (χ3v) is 4.81. The Labute approximate surface area is 116 Å². The van der Waals surface area contributed by atoms with E-state index in [1.165, 1.54) is 0 Å². The molecule has 1 aromatic rings. The lowest BCUT2D eigenvalue weighted by Gasteiger charge is -2.28. The van der Waals surface area contributed by atoms with Gasteiger partial charge in [0.1, 0.15) is 5.54 Å². The summed E-state index contributed by atoms with van der Waals surface area (Å²) < 4.78 is 2.99. The first kappa shape index (κ1) is 13.6. The van der Waals surface area contributed by atoms with Crippen LogP contribution in [0.2, 0.25) is 0 Å². The molecule has 0 spiro atoms. The lowest BCUT2D eigenvalue weighted by atomic mass is 9.95. The highest BCUT2D eigenvalue weighted by atomic mass is 79.9. The van der Waals surface area contributed by atoms with Crippen LogP contribution in [0.4, 0.5) is 0 Å². The van der Waals surface area contributed by atoms with Crippen molar-refractivity contribution in [2.24, 2.45) is 5.92 Å². The zero-order valence-electron chi connectivity index (χ0n) is 11.1. The van der Waals surface area contributed by atoms with Gasteiger partial charge in [-0.2, -0.15) is 10.4 Å². The summed E-state index contributed by atoms with van der Waals surface area (Å²) in [7, 11) is 0. The Morgan fingerprint density at radius 3 is 2.61 bits per heavy atom. The molecular weight excluding hydrogens is 292 g/mol. The van der Waals surface area contributed by atoms with Crippen LogP contribution in [0, 0.1) is 31.1 Å². The predicted molar refractivity (Wildman–Crippen MR) is 74.1 cm³/mol. The van der Waals surface area contributed by atoms with E-state index in [1.54, 1.807) is 0 Å². The van der Waals surface area contributed by atoms with Crippen molar-refractivity contribution in [1.82, 2.24) is 15.1 Å². The van der Waals surface area contributed by atoms with Gasteiger partial charge in [0, 0.05) is 5.69 Å². The standard InChI is InChI=1S/C13H19BrN4/c1-4-16-13(7-15,11-5-6-11)8-18-10(3)12(14)9(2)17-18/h11,16H,4-6,8H2,1-3H3. The summed E-state index contributed by atoms with van der Waals surface area (Å²) in [6.45, 7) is 7.49. The number of halogens is 1. The van der Waals surface area contributed by atoms with Crippen LogP contribution in [0.25, 0.3) is 0 Å². The van der Waals surface area contributed by atoms with Gasteiger partial charge < -0.3 is 0 Å². The second kappa shape index (κ2) is 5.02. The molecule has 0 radical (unpaired) electrons. The van der Waals surface area contributed by atoms with Gasteiger partial charge in [0.15, 0.2) is 0 Å². The fourth-order valence-electron chi connectivity index (χ4n) is 2.45. The van der Waals surface area contributed by atoms with Gasteiger partial charge in [-0.15, -0.1) is 0 Å². The molecular formula is C13H19BrN4. The fourth-order valence-corrected chi connectivity index (χ4v) is 2.74. The van der Waals surface area contributed by atoms with Crippen molar-refractivity contribution in [3.8, 4) is 6.07 Å². The lowest BCUT2D eigenvalue weighted by molar-refractivity contribution is 0.308. The molecule has 18 heavy (non-hydrogen) atoms. The number of aryl methyl sites for hydroxylation is 1. The normalized spacial score (nSPS) is 18.4. The van der Waals surface area contributed by atoms with E-state index in [-0.39, 0.29) is 0 Å². The first-order valence-electron chi connectivity index (χ1n) is 6.40. The van der Waals surface area contributed by atoms with Crippen molar-refractivity contribution >= 4 is 15.9 Å². The van der Waals surface area contributed by atoms with Crippen molar-refractivity contribution in [2.75, 3.05) is 6.54 Å². The van der Waals surface area contributed by atoms with Crippen LogP contribution in [0.5, 0.6) is 0 Å². The summed E-state index contributed by atoms with van der Waals surface area (Å²) >= 11 is 3.53. The van der Waals surface area contributed by atoms with Crippen molar-refractivity contribution < 1.29 is 0 Å². The number of nitrogens with one attached hydrogen (secondary N) is 1. The molecule has 1 heterocycles. The molecule has 1 unspecified atom stereocenters. The first-order valence-corrected chi connectivity index (χ1v) is 7.19. The minimum absolute atomic E-state index is 0.461. The zero-order valence-corrected chi connectivity index (χ0v) is 12.7. The summed E-state index contributed by atoms with van der Waals surface area (Å²) in [5.41, 5.74) is 1.61. The summed E-state index contributed by atoms with van der Waals surface area (Å²) in [6.07, 6.45) is 2.28. The monoisotopic (exact) mass is 310 g/mol. The van der Waals surface area contributed by atoms with Crippen molar-refractivity contribution in [1.29, 1.82) is 5.26 Å². The summed E-state index contributed by atoms with van der Waals surface area (Å²) in [5, 5.41) is 17.5. The van der Waals surface area contributed by atoms with Gasteiger partial charge >= 0.3 is 0 Å². The quantitative estimate of drug-likeness (QED) is 0.909. The smallest absolute Gasteiger partial charge is 0.129 e. The average molecular weight is 311 g/mol. The Kier molecular flexibility index (Phi) is 3.79. The molecule has 98 valence electrons. The molecule has 0 saturated heterocycles. The highest BCUT2D eigenvalue weighted by Gasteiger charge is 2.46. The van der Waals surface area contributed by atoms with Crippen molar-refractivity contribution in [3.05, 3.63) is 15.9 Å². The van der Waals surface area contributed by atoms with E-state index in [4.69, 9.17) is 0 Å². The molecule has 1 fully saturated rings. The second-order valence-electron chi connectivity index (χ2n) is 5.03. The molecule has 0 aromatic carbocycles. The van der Waals surface area contributed by atoms with Gasteiger partial charge in [0.05, 0.1) is 22.8 Å². The molecule has 1 saturated carbocycles. The number of aromatic nitrogens is 2. The van der Waals surface area contributed by atoms with Crippen LogP contribution in [-0.2, 0) is 6.54 Å². The van der Waals surface area contributed by atoms with Gasteiger partial charge in [-0.1, -0.05) is 6.92 Å². The zero-order chi connectivity index (χ0) is 13.3. The molecule has 1 aromatic heterocycles. The van der Waals surface area contributed by atoms with Crippen LogP contribution in [0.1, 0.15) is 31.2 Å². The fraction of sp³-hybridized carbons (Fsp3) is 0.692. The van der Waals surface area contributed by atoms with Gasteiger partial charge in [0.2, 0.25) is 0 Å². The molecule has 4 nitrogen and oxygen atoms in total. The molecule has 1 atom stereocenters. The highest BCUT2D eigenvalue weighted by Crippen LogP contribution is 2.40. The van der Waals surface area contributed by atoms with Crippen molar-refractivity contribution in [3.63, 3.8) is 0 Å². The van der Waals surface area contributed by atoms with E-state index < -0.39 is 5.54 Å². The maximum absolute atomic E-state index is 9.58. The minimum atomic E-state index is -0.461. The summed E-state index contributed by atoms with van der Waals surface area (Å²) in [5.74, 6) is 0.463. The van der Waals surface area contributed by atoms with E-state index in [0.29, 0.717) is 12.5 Å². The van der Waals surface area contributed by atoms with E-state index >= 15 is 0 Å². The molecule has 1 aliphatic rings. The summed E-state index contributed by atoms with van der Waals surface area (Å²) in [6, 6.07) is 2.50. The third kappa shape index (κ3) is 2.32. The van der Waals surface area contributed by atoms with Gasteiger partial charge in [0.25, 0.3) is 0 Å². The van der Waals surface area contributed by atoms with Crippen LogP contribution >= 0.6 is 15.9 Å². The molecule has 1 N–H and O–H groups in total. The average Bonchev–Trinajstić information content (AvgIpc) is 3.16. The highest BCUT2D eigenvalue weighted by molar-refractivity contribution is 9.10.